The molecular formula is C52H33N5. The first-order valence-corrected chi connectivity index (χ1v) is 19.1. The molecule has 0 atom stereocenters. The van der Waals surface area contributed by atoms with Crippen molar-refractivity contribution in [1.82, 2.24) is 24.5 Å². The van der Waals surface area contributed by atoms with E-state index in [0.29, 0.717) is 17.5 Å². The molecule has 57 heavy (non-hydrogen) atoms. The lowest BCUT2D eigenvalue weighted by atomic mass is 9.95. The first-order valence-electron chi connectivity index (χ1n) is 19.1. The van der Waals surface area contributed by atoms with Crippen LogP contribution in [-0.4, -0.2) is 24.5 Å². The predicted octanol–water partition coefficient (Wildman–Crippen LogP) is 13.0. The van der Waals surface area contributed by atoms with E-state index < -0.39 is 0 Å². The lowest BCUT2D eigenvalue weighted by Gasteiger charge is -2.12. The van der Waals surface area contributed by atoms with E-state index in [1.54, 1.807) is 0 Å². The van der Waals surface area contributed by atoms with Gasteiger partial charge in [0, 0.05) is 54.9 Å². The molecule has 8 aromatic carbocycles. The van der Waals surface area contributed by atoms with Crippen molar-refractivity contribution in [3.8, 4) is 62.2 Å². The molecule has 0 bridgehead atoms. The second-order valence-electron chi connectivity index (χ2n) is 14.2. The molecule has 0 saturated carbocycles. The van der Waals surface area contributed by atoms with Gasteiger partial charge in [0.05, 0.1) is 22.2 Å². The minimum atomic E-state index is 0.636. The standard InChI is InChI=1S/C52H33N5/c1-5-15-35(16-6-1)49-42-30-32-46-48(47(42)41-23-13-14-24-44(41)53-49)43-33-39(29-31-45(43)57(46)40-21-11-4-12-22-40)34-25-27-38(28-26-34)52-55-50(36-17-7-2-8-18-36)54-51(56-52)37-19-9-3-10-20-37/h1-33H. The molecule has 0 fully saturated rings. The topological polar surface area (TPSA) is 56.5 Å². The summed E-state index contributed by atoms with van der Waals surface area (Å²) in [5, 5.41) is 5.89. The zero-order valence-electron chi connectivity index (χ0n) is 30.8. The van der Waals surface area contributed by atoms with Crippen molar-refractivity contribution >= 4 is 43.5 Å². The average Bonchev–Trinajstić information content (AvgIpc) is 3.63. The highest BCUT2D eigenvalue weighted by molar-refractivity contribution is 6.29. The first kappa shape index (κ1) is 32.7. The summed E-state index contributed by atoms with van der Waals surface area (Å²) in [6, 6.07) is 69.8. The Labute approximate surface area is 329 Å². The van der Waals surface area contributed by atoms with E-state index in [4.69, 9.17) is 19.9 Å². The summed E-state index contributed by atoms with van der Waals surface area (Å²) in [7, 11) is 0. The molecule has 3 heterocycles. The van der Waals surface area contributed by atoms with E-state index in [9.17, 15) is 0 Å². The molecule has 5 heteroatoms. The van der Waals surface area contributed by atoms with Crippen LogP contribution in [0.3, 0.4) is 0 Å². The third-order valence-corrected chi connectivity index (χ3v) is 10.8. The summed E-state index contributed by atoms with van der Waals surface area (Å²) >= 11 is 0. The number of para-hydroxylation sites is 2. The van der Waals surface area contributed by atoms with Crippen LogP contribution in [0, 0.1) is 0 Å². The van der Waals surface area contributed by atoms with Gasteiger partial charge in [-0.05, 0) is 47.5 Å². The number of pyridine rings is 1. The maximum Gasteiger partial charge on any atom is 0.164 e. The van der Waals surface area contributed by atoms with E-state index in [2.05, 4.69) is 144 Å². The quantitative estimate of drug-likeness (QED) is 0.160. The van der Waals surface area contributed by atoms with E-state index in [0.717, 1.165) is 72.1 Å². The van der Waals surface area contributed by atoms with Gasteiger partial charge in [-0.2, -0.15) is 0 Å². The van der Waals surface area contributed by atoms with Crippen molar-refractivity contribution < 1.29 is 0 Å². The maximum atomic E-state index is 5.25. The Morgan fingerprint density at radius 2 is 0.789 bits per heavy atom. The van der Waals surface area contributed by atoms with Gasteiger partial charge in [-0.3, -0.25) is 0 Å². The highest BCUT2D eigenvalue weighted by atomic mass is 15.0. The number of fused-ring (bicyclic) bond motifs is 7. The number of benzene rings is 8. The van der Waals surface area contributed by atoms with E-state index >= 15 is 0 Å². The van der Waals surface area contributed by atoms with Crippen LogP contribution < -0.4 is 0 Å². The molecule has 0 aliphatic carbocycles. The second kappa shape index (κ2) is 13.5. The normalized spacial score (nSPS) is 11.5. The number of nitrogens with zero attached hydrogens (tertiary/aromatic N) is 5. The monoisotopic (exact) mass is 727 g/mol. The van der Waals surface area contributed by atoms with Crippen LogP contribution in [-0.2, 0) is 0 Å². The Morgan fingerprint density at radius 3 is 1.42 bits per heavy atom. The zero-order valence-corrected chi connectivity index (χ0v) is 30.8. The smallest absolute Gasteiger partial charge is 0.164 e. The number of hydrogen-bond acceptors (Lipinski definition) is 4. The van der Waals surface area contributed by atoms with Crippen molar-refractivity contribution in [1.29, 1.82) is 0 Å². The Balaban J connectivity index is 1.11. The molecule has 0 aliphatic heterocycles. The predicted molar refractivity (Wildman–Crippen MR) is 234 cm³/mol. The number of rotatable bonds is 6. The molecular weight excluding hydrogens is 695 g/mol. The van der Waals surface area contributed by atoms with Gasteiger partial charge in [-0.25, -0.2) is 19.9 Å². The van der Waals surface area contributed by atoms with E-state index in [-0.39, 0.29) is 0 Å². The molecule has 0 spiro atoms. The van der Waals surface area contributed by atoms with Crippen LogP contribution in [0.5, 0.6) is 0 Å². The van der Waals surface area contributed by atoms with Gasteiger partial charge < -0.3 is 4.57 Å². The van der Waals surface area contributed by atoms with Gasteiger partial charge in [0.2, 0.25) is 0 Å². The fraction of sp³-hybridized carbons (Fsp3) is 0. The fourth-order valence-corrected chi connectivity index (χ4v) is 8.15. The van der Waals surface area contributed by atoms with Crippen LogP contribution >= 0.6 is 0 Å². The summed E-state index contributed by atoms with van der Waals surface area (Å²) in [4.78, 5) is 20.0. The molecule has 11 aromatic rings. The van der Waals surface area contributed by atoms with Gasteiger partial charge in [0.1, 0.15) is 0 Å². The van der Waals surface area contributed by atoms with Crippen LogP contribution in [0.15, 0.2) is 200 Å². The van der Waals surface area contributed by atoms with Gasteiger partial charge in [0.25, 0.3) is 0 Å². The fourth-order valence-electron chi connectivity index (χ4n) is 8.15. The summed E-state index contributed by atoms with van der Waals surface area (Å²) in [5.74, 6) is 1.93. The van der Waals surface area contributed by atoms with Crippen molar-refractivity contribution in [3.63, 3.8) is 0 Å². The number of hydrogen-bond donors (Lipinski definition) is 0. The lowest BCUT2D eigenvalue weighted by Crippen LogP contribution is -2.00. The second-order valence-corrected chi connectivity index (χ2v) is 14.2. The Hall–Kier alpha value is -7.76. The largest absolute Gasteiger partial charge is 0.309 e. The molecule has 3 aromatic heterocycles. The van der Waals surface area contributed by atoms with Crippen LogP contribution in [0.2, 0.25) is 0 Å². The third-order valence-electron chi connectivity index (χ3n) is 10.8. The van der Waals surface area contributed by atoms with Gasteiger partial charge >= 0.3 is 0 Å². The highest BCUT2D eigenvalue weighted by Gasteiger charge is 2.20. The van der Waals surface area contributed by atoms with E-state index in [1.165, 1.54) is 16.2 Å². The van der Waals surface area contributed by atoms with Crippen molar-refractivity contribution in [2.24, 2.45) is 0 Å². The van der Waals surface area contributed by atoms with Gasteiger partial charge in [-0.15, -0.1) is 0 Å². The Morgan fingerprint density at radius 1 is 0.298 bits per heavy atom. The summed E-state index contributed by atoms with van der Waals surface area (Å²) in [5.41, 5.74) is 11.6. The highest BCUT2D eigenvalue weighted by Crippen LogP contribution is 2.43. The molecule has 5 nitrogen and oxygen atoms in total. The minimum Gasteiger partial charge on any atom is -0.309 e. The molecule has 11 rings (SSSR count). The average molecular weight is 728 g/mol. The van der Waals surface area contributed by atoms with Gasteiger partial charge in [-0.1, -0.05) is 164 Å². The van der Waals surface area contributed by atoms with Gasteiger partial charge in [0.15, 0.2) is 17.5 Å². The molecule has 0 amide bonds. The van der Waals surface area contributed by atoms with Crippen LogP contribution in [0.25, 0.3) is 106 Å². The summed E-state index contributed by atoms with van der Waals surface area (Å²) in [6.07, 6.45) is 0. The molecule has 266 valence electrons. The maximum absolute atomic E-state index is 5.25. The summed E-state index contributed by atoms with van der Waals surface area (Å²) in [6.45, 7) is 0. The third kappa shape index (κ3) is 5.64. The molecule has 0 aliphatic rings. The molecule has 0 N–H and O–H groups in total. The first-order chi connectivity index (χ1) is 28.3. The SMILES string of the molecule is c1ccc(-c2nc(-c3ccccc3)nc(-c3ccc(-c4ccc5c(c4)c4c6c(ccc4n5-c4ccccc4)c(-c4ccccc4)nc4ccccc46)cc3)n2)cc1. The minimum absolute atomic E-state index is 0.636. The summed E-state index contributed by atoms with van der Waals surface area (Å²) < 4.78 is 2.39. The molecule has 0 radical (unpaired) electrons. The van der Waals surface area contributed by atoms with Crippen molar-refractivity contribution in [3.05, 3.63) is 200 Å². The Bertz CT molecular complexity index is 3190. The lowest BCUT2D eigenvalue weighted by molar-refractivity contribution is 1.07. The van der Waals surface area contributed by atoms with Crippen LogP contribution in [0.4, 0.5) is 0 Å². The molecule has 0 saturated heterocycles. The zero-order chi connectivity index (χ0) is 37.7. The van der Waals surface area contributed by atoms with Crippen molar-refractivity contribution in [2.45, 2.75) is 0 Å². The Kier molecular flexibility index (Phi) is 7.74. The van der Waals surface area contributed by atoms with Crippen LogP contribution in [0.1, 0.15) is 0 Å². The molecule has 0 unspecified atom stereocenters. The van der Waals surface area contributed by atoms with E-state index in [1.807, 2.05) is 60.7 Å². The van der Waals surface area contributed by atoms with Crippen molar-refractivity contribution in [2.75, 3.05) is 0 Å². The number of aromatic nitrogens is 5.